The summed E-state index contributed by atoms with van der Waals surface area (Å²) in [5.41, 5.74) is 2.46. The number of hydrazine groups is 1. The molecule has 4 nitrogen and oxygen atoms in total. The lowest BCUT2D eigenvalue weighted by atomic mass is 10.4. The number of hydrogen-bond acceptors (Lipinski definition) is 5. The van der Waals surface area contributed by atoms with Gasteiger partial charge in [0, 0.05) is 16.0 Å². The highest BCUT2D eigenvalue weighted by Crippen LogP contribution is 2.34. The van der Waals surface area contributed by atoms with Gasteiger partial charge >= 0.3 is 0 Å². The molecule has 2 aromatic rings. The van der Waals surface area contributed by atoms with Crippen molar-refractivity contribution in [3.63, 3.8) is 0 Å². The van der Waals surface area contributed by atoms with E-state index >= 15 is 0 Å². The van der Waals surface area contributed by atoms with Gasteiger partial charge in [0.2, 0.25) is 0 Å². The fourth-order valence-corrected chi connectivity index (χ4v) is 2.46. The third-order valence-electron chi connectivity index (χ3n) is 1.90. The highest BCUT2D eigenvalue weighted by atomic mass is 35.5. The Bertz CT molecular complexity index is 535. The van der Waals surface area contributed by atoms with Gasteiger partial charge in [-0.3, -0.25) is 0 Å². The van der Waals surface area contributed by atoms with Crippen LogP contribution in [0.5, 0.6) is 0 Å². The minimum atomic E-state index is 0.542. The van der Waals surface area contributed by atoms with Gasteiger partial charge in [-0.05, 0) is 18.2 Å². The molecule has 88 valence electrons. The van der Waals surface area contributed by atoms with Gasteiger partial charge in [-0.2, -0.15) is 0 Å². The van der Waals surface area contributed by atoms with E-state index in [1.54, 1.807) is 24.3 Å². The molecule has 0 atom stereocenters. The summed E-state index contributed by atoms with van der Waals surface area (Å²) >= 11 is 13.4. The maximum absolute atomic E-state index is 6.06. The van der Waals surface area contributed by atoms with Crippen molar-refractivity contribution in [1.29, 1.82) is 0 Å². The lowest BCUT2D eigenvalue weighted by molar-refractivity contribution is 1.04. The zero-order valence-electron chi connectivity index (χ0n) is 8.52. The van der Waals surface area contributed by atoms with Crippen molar-refractivity contribution in [1.82, 2.24) is 9.97 Å². The molecule has 1 aromatic heterocycles. The first-order valence-corrected chi connectivity index (χ1v) is 6.18. The maximum atomic E-state index is 6.06. The van der Waals surface area contributed by atoms with Crippen LogP contribution in [-0.2, 0) is 0 Å². The van der Waals surface area contributed by atoms with Gasteiger partial charge in [-0.1, -0.05) is 35.0 Å². The Kier molecular flexibility index (Phi) is 4.06. The van der Waals surface area contributed by atoms with Crippen molar-refractivity contribution >= 4 is 40.8 Å². The Labute approximate surface area is 113 Å². The van der Waals surface area contributed by atoms with Gasteiger partial charge < -0.3 is 5.43 Å². The normalized spacial score (nSPS) is 10.3. The van der Waals surface area contributed by atoms with E-state index in [0.717, 1.165) is 9.92 Å². The SMILES string of the molecule is NNc1cc(Sc2cc(Cl)ccc2Cl)ncn1. The second-order valence-corrected chi connectivity index (χ2v) is 4.97. The number of nitrogens with zero attached hydrogens (tertiary/aromatic N) is 2. The monoisotopic (exact) mass is 286 g/mol. The van der Waals surface area contributed by atoms with E-state index in [1.807, 2.05) is 0 Å². The van der Waals surface area contributed by atoms with E-state index in [-0.39, 0.29) is 0 Å². The van der Waals surface area contributed by atoms with Crippen LogP contribution in [0, 0.1) is 0 Å². The first-order chi connectivity index (χ1) is 8.19. The predicted molar refractivity (Wildman–Crippen MR) is 70.4 cm³/mol. The number of nitrogens with two attached hydrogens (primary N) is 1. The first-order valence-electron chi connectivity index (χ1n) is 4.60. The van der Waals surface area contributed by atoms with E-state index in [0.29, 0.717) is 15.9 Å². The molecule has 0 saturated heterocycles. The Morgan fingerprint density at radius 3 is 2.76 bits per heavy atom. The lowest BCUT2D eigenvalue weighted by Gasteiger charge is -2.05. The number of hydrogen-bond donors (Lipinski definition) is 2. The van der Waals surface area contributed by atoms with Crippen LogP contribution in [0.15, 0.2) is 40.5 Å². The maximum Gasteiger partial charge on any atom is 0.144 e. The number of aromatic nitrogens is 2. The summed E-state index contributed by atoms with van der Waals surface area (Å²) in [7, 11) is 0. The summed E-state index contributed by atoms with van der Waals surface area (Å²) in [5, 5.41) is 1.99. The molecular formula is C10H8Cl2N4S. The second-order valence-electron chi connectivity index (χ2n) is 3.06. The third kappa shape index (κ3) is 3.23. The molecule has 0 saturated carbocycles. The number of nitrogen functional groups attached to an aromatic ring is 1. The minimum Gasteiger partial charge on any atom is -0.308 e. The fraction of sp³-hybridized carbons (Fsp3) is 0. The van der Waals surface area contributed by atoms with Gasteiger partial charge in [0.15, 0.2) is 0 Å². The van der Waals surface area contributed by atoms with Crippen LogP contribution in [0.4, 0.5) is 5.82 Å². The molecule has 1 aromatic carbocycles. The Morgan fingerprint density at radius 1 is 1.18 bits per heavy atom. The predicted octanol–water partition coefficient (Wildman–Crippen LogP) is 3.22. The Balaban J connectivity index is 2.27. The summed E-state index contributed by atoms with van der Waals surface area (Å²) < 4.78 is 0. The zero-order chi connectivity index (χ0) is 12.3. The summed E-state index contributed by atoms with van der Waals surface area (Å²) in [6, 6.07) is 6.99. The largest absolute Gasteiger partial charge is 0.308 e. The molecule has 0 bridgehead atoms. The molecular weight excluding hydrogens is 279 g/mol. The summed E-state index contributed by atoms with van der Waals surface area (Å²) in [4.78, 5) is 8.86. The van der Waals surface area contributed by atoms with Gasteiger partial charge in [-0.15, -0.1) is 0 Å². The number of anilines is 1. The molecule has 0 unspecified atom stereocenters. The Hall–Kier alpha value is -1.01. The molecule has 0 aliphatic rings. The van der Waals surface area contributed by atoms with Crippen LogP contribution in [0.25, 0.3) is 0 Å². The van der Waals surface area contributed by atoms with E-state index in [4.69, 9.17) is 29.0 Å². The lowest BCUT2D eigenvalue weighted by Crippen LogP contribution is -2.08. The molecule has 0 aliphatic heterocycles. The van der Waals surface area contributed by atoms with Gasteiger partial charge in [-0.25, -0.2) is 15.8 Å². The van der Waals surface area contributed by atoms with Crippen LogP contribution < -0.4 is 11.3 Å². The van der Waals surface area contributed by atoms with Gasteiger partial charge in [0.1, 0.15) is 17.2 Å². The van der Waals surface area contributed by atoms with Crippen molar-refractivity contribution in [3.05, 3.63) is 40.6 Å². The van der Waals surface area contributed by atoms with Crippen LogP contribution in [0.3, 0.4) is 0 Å². The van der Waals surface area contributed by atoms with E-state index < -0.39 is 0 Å². The summed E-state index contributed by atoms with van der Waals surface area (Å²) in [6.45, 7) is 0. The highest BCUT2D eigenvalue weighted by molar-refractivity contribution is 7.99. The van der Waals surface area contributed by atoms with Crippen LogP contribution in [0.1, 0.15) is 0 Å². The number of rotatable bonds is 3. The van der Waals surface area contributed by atoms with Gasteiger partial charge in [0.25, 0.3) is 0 Å². The molecule has 0 fully saturated rings. The smallest absolute Gasteiger partial charge is 0.144 e. The molecule has 0 radical (unpaired) electrons. The molecule has 0 spiro atoms. The minimum absolute atomic E-state index is 0.542. The van der Waals surface area contributed by atoms with Crippen LogP contribution >= 0.6 is 35.0 Å². The van der Waals surface area contributed by atoms with Crippen LogP contribution in [-0.4, -0.2) is 9.97 Å². The second kappa shape index (κ2) is 5.55. The van der Waals surface area contributed by atoms with Crippen molar-refractivity contribution in [2.75, 3.05) is 5.43 Å². The third-order valence-corrected chi connectivity index (χ3v) is 3.56. The average molecular weight is 287 g/mol. The van der Waals surface area contributed by atoms with Crippen molar-refractivity contribution < 1.29 is 0 Å². The zero-order valence-corrected chi connectivity index (χ0v) is 10.9. The standard InChI is InChI=1S/C10H8Cl2N4S/c11-6-1-2-7(12)8(3-6)17-10-4-9(16-13)14-5-15-10/h1-5H,13H2,(H,14,15,16). The molecule has 0 aliphatic carbocycles. The number of benzene rings is 1. The first kappa shape index (κ1) is 12.4. The highest BCUT2D eigenvalue weighted by Gasteiger charge is 2.05. The average Bonchev–Trinajstić information content (AvgIpc) is 2.34. The van der Waals surface area contributed by atoms with E-state index in [9.17, 15) is 0 Å². The van der Waals surface area contributed by atoms with E-state index in [1.165, 1.54) is 18.1 Å². The number of halogens is 2. The topological polar surface area (TPSA) is 63.8 Å². The molecule has 0 amide bonds. The molecule has 1 heterocycles. The summed E-state index contributed by atoms with van der Waals surface area (Å²) in [6.07, 6.45) is 1.43. The summed E-state index contributed by atoms with van der Waals surface area (Å²) in [5.74, 6) is 5.81. The molecule has 17 heavy (non-hydrogen) atoms. The van der Waals surface area contributed by atoms with Crippen molar-refractivity contribution in [2.24, 2.45) is 5.84 Å². The molecule has 2 rings (SSSR count). The molecule has 3 N–H and O–H groups in total. The fourth-order valence-electron chi connectivity index (χ4n) is 1.14. The van der Waals surface area contributed by atoms with Crippen molar-refractivity contribution in [2.45, 2.75) is 9.92 Å². The number of nitrogens with one attached hydrogen (secondary N) is 1. The van der Waals surface area contributed by atoms with Crippen LogP contribution in [0.2, 0.25) is 10.0 Å². The quantitative estimate of drug-likeness (QED) is 0.515. The Morgan fingerprint density at radius 2 is 2.00 bits per heavy atom. The van der Waals surface area contributed by atoms with E-state index in [2.05, 4.69) is 15.4 Å². The van der Waals surface area contributed by atoms with Gasteiger partial charge in [0.05, 0.1) is 5.02 Å². The molecule has 7 heteroatoms. The van der Waals surface area contributed by atoms with Crippen molar-refractivity contribution in [3.8, 4) is 0 Å².